The number of aryl methyl sites for hydroxylation is 1. The minimum absolute atomic E-state index is 0.0639. The number of methoxy groups -OCH3 is 1. The topological polar surface area (TPSA) is 41.5 Å². The summed E-state index contributed by atoms with van der Waals surface area (Å²) >= 11 is 0. The van der Waals surface area contributed by atoms with Crippen molar-refractivity contribution in [3.05, 3.63) is 59.7 Å². The fourth-order valence-corrected chi connectivity index (χ4v) is 2.31. The summed E-state index contributed by atoms with van der Waals surface area (Å²) in [6.07, 6.45) is 2.05. The molecule has 3 heteroatoms. The molecule has 1 atom stereocenters. The molecule has 2 aromatic carbocycles. The van der Waals surface area contributed by atoms with E-state index in [2.05, 4.69) is 24.4 Å². The maximum absolute atomic E-state index is 9.34. The van der Waals surface area contributed by atoms with E-state index in [0.29, 0.717) is 6.04 Å². The first-order valence-electron chi connectivity index (χ1n) is 7.31. The number of rotatable bonds is 7. The molecule has 0 aliphatic heterocycles. The maximum atomic E-state index is 9.34. The Hall–Kier alpha value is -2.00. The molecule has 2 rings (SSSR count). The monoisotopic (exact) mass is 285 g/mol. The highest BCUT2D eigenvalue weighted by atomic mass is 16.5. The van der Waals surface area contributed by atoms with Gasteiger partial charge in [0.15, 0.2) is 0 Å². The lowest BCUT2D eigenvalue weighted by Gasteiger charge is -2.17. The van der Waals surface area contributed by atoms with Crippen molar-refractivity contribution in [1.82, 2.24) is 0 Å². The Kier molecular flexibility index (Phi) is 5.64. The summed E-state index contributed by atoms with van der Waals surface area (Å²) in [6.45, 7) is 2.23. The van der Waals surface area contributed by atoms with Gasteiger partial charge in [0.2, 0.25) is 0 Å². The molecule has 0 aromatic heterocycles. The number of anilines is 1. The minimum Gasteiger partial charge on any atom is -0.497 e. The van der Waals surface area contributed by atoms with Crippen molar-refractivity contribution in [3.63, 3.8) is 0 Å². The Morgan fingerprint density at radius 3 is 2.48 bits per heavy atom. The Morgan fingerprint density at radius 2 is 1.81 bits per heavy atom. The van der Waals surface area contributed by atoms with Crippen LogP contribution in [0.1, 0.15) is 24.5 Å². The average molecular weight is 285 g/mol. The molecule has 2 aromatic rings. The van der Waals surface area contributed by atoms with Crippen LogP contribution in [0.15, 0.2) is 48.5 Å². The number of hydrogen-bond acceptors (Lipinski definition) is 3. The summed E-state index contributed by atoms with van der Waals surface area (Å²) in [5.41, 5.74) is 3.26. The summed E-state index contributed by atoms with van der Waals surface area (Å²) in [5.74, 6) is 0.891. The van der Waals surface area contributed by atoms with Gasteiger partial charge >= 0.3 is 0 Å². The highest BCUT2D eigenvalue weighted by Crippen LogP contribution is 2.18. The molecule has 0 amide bonds. The number of benzene rings is 2. The maximum Gasteiger partial charge on any atom is 0.118 e. The van der Waals surface area contributed by atoms with Gasteiger partial charge in [0.25, 0.3) is 0 Å². The van der Waals surface area contributed by atoms with Crippen molar-refractivity contribution < 1.29 is 9.84 Å². The van der Waals surface area contributed by atoms with Crippen LogP contribution in [0.25, 0.3) is 0 Å². The SMILES string of the molecule is COc1ccc(CCC(C)Nc2ccccc2CO)cc1. The molecular formula is C18H23NO2. The third-order valence-electron chi connectivity index (χ3n) is 3.61. The molecular weight excluding hydrogens is 262 g/mol. The smallest absolute Gasteiger partial charge is 0.118 e. The molecule has 112 valence electrons. The van der Waals surface area contributed by atoms with Crippen LogP contribution in [0, 0.1) is 0 Å². The first-order valence-corrected chi connectivity index (χ1v) is 7.31. The van der Waals surface area contributed by atoms with E-state index in [1.54, 1.807) is 7.11 Å². The molecule has 21 heavy (non-hydrogen) atoms. The van der Waals surface area contributed by atoms with Crippen molar-refractivity contribution in [2.75, 3.05) is 12.4 Å². The zero-order valence-corrected chi connectivity index (χ0v) is 12.7. The second kappa shape index (κ2) is 7.70. The highest BCUT2D eigenvalue weighted by Gasteiger charge is 2.06. The van der Waals surface area contributed by atoms with Crippen molar-refractivity contribution in [2.24, 2.45) is 0 Å². The largest absolute Gasteiger partial charge is 0.497 e. The zero-order valence-electron chi connectivity index (χ0n) is 12.7. The van der Waals surface area contributed by atoms with Crippen LogP contribution in [-0.2, 0) is 13.0 Å². The van der Waals surface area contributed by atoms with Crippen molar-refractivity contribution >= 4 is 5.69 Å². The van der Waals surface area contributed by atoms with Gasteiger partial charge in [-0.15, -0.1) is 0 Å². The quantitative estimate of drug-likeness (QED) is 0.816. The number of para-hydroxylation sites is 1. The lowest BCUT2D eigenvalue weighted by Crippen LogP contribution is -2.17. The normalized spacial score (nSPS) is 12.0. The van der Waals surface area contributed by atoms with Gasteiger partial charge in [0.1, 0.15) is 5.75 Å². The van der Waals surface area contributed by atoms with Crippen LogP contribution >= 0.6 is 0 Å². The Morgan fingerprint density at radius 1 is 1.10 bits per heavy atom. The van der Waals surface area contributed by atoms with E-state index in [-0.39, 0.29) is 6.61 Å². The predicted molar refractivity (Wildman–Crippen MR) is 86.8 cm³/mol. The van der Waals surface area contributed by atoms with Gasteiger partial charge in [-0.25, -0.2) is 0 Å². The molecule has 0 fully saturated rings. The van der Waals surface area contributed by atoms with Gasteiger partial charge in [-0.05, 0) is 43.5 Å². The van der Waals surface area contributed by atoms with Crippen molar-refractivity contribution in [1.29, 1.82) is 0 Å². The Balaban J connectivity index is 1.87. The van der Waals surface area contributed by atoms with E-state index in [4.69, 9.17) is 4.74 Å². The predicted octanol–water partition coefficient (Wildman–Crippen LogP) is 3.62. The summed E-state index contributed by atoms with van der Waals surface area (Å²) in [4.78, 5) is 0. The zero-order chi connectivity index (χ0) is 15.1. The molecule has 0 aliphatic rings. The van der Waals surface area contributed by atoms with Gasteiger partial charge < -0.3 is 15.2 Å². The molecule has 2 N–H and O–H groups in total. The number of nitrogens with one attached hydrogen (secondary N) is 1. The molecule has 0 radical (unpaired) electrons. The molecule has 0 bridgehead atoms. The molecule has 3 nitrogen and oxygen atoms in total. The molecule has 0 aliphatic carbocycles. The van der Waals surface area contributed by atoms with Gasteiger partial charge in [-0.3, -0.25) is 0 Å². The van der Waals surface area contributed by atoms with Gasteiger partial charge in [0.05, 0.1) is 13.7 Å². The fourth-order valence-electron chi connectivity index (χ4n) is 2.31. The lowest BCUT2D eigenvalue weighted by atomic mass is 10.1. The third kappa shape index (κ3) is 4.50. The highest BCUT2D eigenvalue weighted by molar-refractivity contribution is 5.51. The molecule has 0 spiro atoms. The van der Waals surface area contributed by atoms with E-state index < -0.39 is 0 Å². The summed E-state index contributed by atoms with van der Waals surface area (Å²) in [7, 11) is 1.68. The van der Waals surface area contributed by atoms with E-state index in [1.165, 1.54) is 5.56 Å². The summed E-state index contributed by atoms with van der Waals surface area (Å²) < 4.78 is 5.16. The van der Waals surface area contributed by atoms with Gasteiger partial charge in [-0.1, -0.05) is 30.3 Å². The number of ether oxygens (including phenoxy) is 1. The standard InChI is InChI=1S/C18H23NO2/c1-14(19-18-6-4-3-5-16(18)13-20)7-8-15-9-11-17(21-2)12-10-15/h3-6,9-12,14,19-20H,7-8,13H2,1-2H3. The molecule has 0 saturated heterocycles. The average Bonchev–Trinajstić information content (AvgIpc) is 2.54. The first kappa shape index (κ1) is 15.4. The van der Waals surface area contributed by atoms with E-state index in [1.807, 2.05) is 36.4 Å². The Bertz CT molecular complexity index is 551. The van der Waals surface area contributed by atoms with Crippen LogP contribution in [-0.4, -0.2) is 18.3 Å². The number of hydrogen-bond donors (Lipinski definition) is 2. The van der Waals surface area contributed by atoms with Crippen LogP contribution in [0.5, 0.6) is 5.75 Å². The number of aliphatic hydroxyl groups excluding tert-OH is 1. The lowest BCUT2D eigenvalue weighted by molar-refractivity contribution is 0.282. The van der Waals surface area contributed by atoms with Gasteiger partial charge in [0, 0.05) is 17.3 Å². The van der Waals surface area contributed by atoms with Crippen LogP contribution in [0.4, 0.5) is 5.69 Å². The minimum atomic E-state index is 0.0639. The Labute approximate surface area is 126 Å². The van der Waals surface area contributed by atoms with Crippen LogP contribution in [0.2, 0.25) is 0 Å². The third-order valence-corrected chi connectivity index (χ3v) is 3.61. The van der Waals surface area contributed by atoms with E-state index >= 15 is 0 Å². The van der Waals surface area contributed by atoms with Crippen LogP contribution in [0.3, 0.4) is 0 Å². The van der Waals surface area contributed by atoms with E-state index in [0.717, 1.165) is 29.8 Å². The second-order valence-corrected chi connectivity index (χ2v) is 5.25. The van der Waals surface area contributed by atoms with Crippen molar-refractivity contribution in [3.8, 4) is 5.75 Å². The van der Waals surface area contributed by atoms with Gasteiger partial charge in [-0.2, -0.15) is 0 Å². The van der Waals surface area contributed by atoms with Crippen LogP contribution < -0.4 is 10.1 Å². The van der Waals surface area contributed by atoms with Crippen molar-refractivity contribution in [2.45, 2.75) is 32.4 Å². The second-order valence-electron chi connectivity index (χ2n) is 5.25. The molecule has 0 heterocycles. The fraction of sp³-hybridized carbons (Fsp3) is 0.333. The molecule has 0 saturated carbocycles. The molecule has 1 unspecified atom stereocenters. The summed E-state index contributed by atoms with van der Waals surface area (Å²) in [5, 5.41) is 12.8. The summed E-state index contributed by atoms with van der Waals surface area (Å²) in [6, 6.07) is 16.4. The first-order chi connectivity index (χ1) is 10.2. The number of aliphatic hydroxyl groups is 1. The van der Waals surface area contributed by atoms with E-state index in [9.17, 15) is 5.11 Å².